The predicted molar refractivity (Wildman–Crippen MR) is 131 cm³/mol. The van der Waals surface area contributed by atoms with E-state index in [0.717, 1.165) is 22.3 Å². The molecule has 4 rings (SSSR count). The van der Waals surface area contributed by atoms with E-state index in [9.17, 15) is 4.79 Å². The van der Waals surface area contributed by atoms with Gasteiger partial charge in [0.15, 0.2) is 10.3 Å². The molecule has 0 atom stereocenters. The fourth-order valence-corrected chi connectivity index (χ4v) is 6.33. The van der Waals surface area contributed by atoms with E-state index >= 15 is 0 Å². The molecule has 2 heterocycles. The maximum absolute atomic E-state index is 12.5. The Balaban J connectivity index is 1.54. The number of anilines is 2. The van der Waals surface area contributed by atoms with Gasteiger partial charge in [0, 0.05) is 29.8 Å². The molecular formula is C24H30N4O2S2. The van der Waals surface area contributed by atoms with Gasteiger partial charge in [-0.2, -0.15) is 0 Å². The van der Waals surface area contributed by atoms with Crippen molar-refractivity contribution in [1.82, 2.24) is 14.5 Å². The van der Waals surface area contributed by atoms with Crippen LogP contribution in [0, 0.1) is 13.8 Å². The number of aromatic nitrogens is 3. The SMILES string of the molecule is COc1ccccc1N(C(C)=O)c1nc(CSc2nc(C)c(C)n2C2CCCCC2)cs1. The second kappa shape index (κ2) is 10.1. The fraction of sp³-hybridized carbons (Fsp3) is 0.458. The molecule has 0 saturated heterocycles. The number of benzene rings is 1. The van der Waals surface area contributed by atoms with Crippen LogP contribution in [0.25, 0.3) is 0 Å². The van der Waals surface area contributed by atoms with Gasteiger partial charge in [0.1, 0.15) is 5.75 Å². The first-order valence-electron chi connectivity index (χ1n) is 11.1. The number of aryl methyl sites for hydroxylation is 1. The summed E-state index contributed by atoms with van der Waals surface area (Å²) in [6, 6.07) is 8.07. The Morgan fingerprint density at radius 1 is 1.22 bits per heavy atom. The molecule has 32 heavy (non-hydrogen) atoms. The maximum atomic E-state index is 12.5. The molecule has 1 saturated carbocycles. The number of carbonyl (C=O) groups is 1. The third-order valence-electron chi connectivity index (χ3n) is 6.02. The Hall–Kier alpha value is -2.32. The molecule has 3 aromatic rings. The Morgan fingerprint density at radius 3 is 2.69 bits per heavy atom. The van der Waals surface area contributed by atoms with Crippen LogP contribution in [0.2, 0.25) is 0 Å². The van der Waals surface area contributed by atoms with Crippen molar-refractivity contribution in [3.05, 3.63) is 46.7 Å². The monoisotopic (exact) mass is 470 g/mol. The summed E-state index contributed by atoms with van der Waals surface area (Å²) in [6.45, 7) is 5.83. The molecule has 170 valence electrons. The molecule has 1 aliphatic carbocycles. The van der Waals surface area contributed by atoms with Gasteiger partial charge in [-0.05, 0) is 38.8 Å². The largest absolute Gasteiger partial charge is 0.495 e. The zero-order chi connectivity index (χ0) is 22.7. The standard InChI is InChI=1S/C24H30N4O2S2/c1-16-17(2)27(20-10-6-5-7-11-20)23(25-16)31-14-19-15-32-24(26-19)28(18(3)29)21-12-8-9-13-22(21)30-4/h8-9,12-13,15,20H,5-7,10-11,14H2,1-4H3. The molecule has 8 heteroatoms. The zero-order valence-corrected chi connectivity index (χ0v) is 20.8. The van der Waals surface area contributed by atoms with Gasteiger partial charge in [-0.3, -0.25) is 9.69 Å². The average Bonchev–Trinajstić information content (AvgIpc) is 3.37. The molecule has 0 aliphatic heterocycles. The van der Waals surface area contributed by atoms with Gasteiger partial charge in [0.05, 0.1) is 24.2 Å². The van der Waals surface area contributed by atoms with Gasteiger partial charge in [-0.1, -0.05) is 43.2 Å². The first kappa shape index (κ1) is 22.9. The minimum Gasteiger partial charge on any atom is -0.495 e. The lowest BCUT2D eigenvalue weighted by Gasteiger charge is -2.26. The molecule has 1 aromatic carbocycles. The highest BCUT2D eigenvalue weighted by Gasteiger charge is 2.24. The highest BCUT2D eigenvalue weighted by atomic mass is 32.2. The molecule has 1 amide bonds. The van der Waals surface area contributed by atoms with Gasteiger partial charge in [-0.15, -0.1) is 11.3 Å². The quantitative estimate of drug-likeness (QED) is 0.372. The first-order chi connectivity index (χ1) is 15.5. The number of nitrogens with zero attached hydrogens (tertiary/aromatic N) is 4. The van der Waals surface area contributed by atoms with Crippen LogP contribution >= 0.6 is 23.1 Å². The summed E-state index contributed by atoms with van der Waals surface area (Å²) in [5.41, 5.74) is 4.04. The minimum atomic E-state index is -0.0952. The van der Waals surface area contributed by atoms with Crippen molar-refractivity contribution in [1.29, 1.82) is 0 Å². The molecule has 2 aromatic heterocycles. The van der Waals surface area contributed by atoms with E-state index in [1.807, 2.05) is 29.6 Å². The third-order valence-corrected chi connectivity index (χ3v) is 7.88. The number of carbonyl (C=O) groups excluding carboxylic acids is 1. The van der Waals surface area contributed by atoms with Gasteiger partial charge >= 0.3 is 0 Å². The Bertz CT molecular complexity index is 1090. The number of para-hydroxylation sites is 2. The molecule has 0 bridgehead atoms. The Morgan fingerprint density at radius 2 is 1.97 bits per heavy atom. The number of imidazole rings is 1. The lowest BCUT2D eigenvalue weighted by atomic mass is 9.95. The van der Waals surface area contributed by atoms with E-state index in [1.54, 1.807) is 30.7 Å². The van der Waals surface area contributed by atoms with Crippen molar-refractivity contribution in [2.24, 2.45) is 0 Å². The van der Waals surface area contributed by atoms with Crippen LogP contribution < -0.4 is 9.64 Å². The molecule has 0 spiro atoms. The number of methoxy groups -OCH3 is 1. The summed E-state index contributed by atoms with van der Waals surface area (Å²) < 4.78 is 7.91. The van der Waals surface area contributed by atoms with Gasteiger partial charge in [-0.25, -0.2) is 9.97 Å². The van der Waals surface area contributed by atoms with Crippen molar-refractivity contribution in [3.63, 3.8) is 0 Å². The number of thiazole rings is 1. The zero-order valence-electron chi connectivity index (χ0n) is 19.1. The van der Waals surface area contributed by atoms with Crippen LogP contribution in [0.5, 0.6) is 5.75 Å². The second-order valence-corrected chi connectivity index (χ2v) is 9.94. The Labute approximate surface area is 198 Å². The normalized spacial score (nSPS) is 14.5. The van der Waals surface area contributed by atoms with Crippen molar-refractivity contribution >= 4 is 39.8 Å². The van der Waals surface area contributed by atoms with Crippen molar-refractivity contribution in [2.75, 3.05) is 12.0 Å². The summed E-state index contributed by atoms with van der Waals surface area (Å²) in [5.74, 6) is 1.27. The lowest BCUT2D eigenvalue weighted by molar-refractivity contribution is -0.115. The first-order valence-corrected chi connectivity index (χ1v) is 12.9. The van der Waals surface area contributed by atoms with Crippen LogP contribution in [0.3, 0.4) is 0 Å². The van der Waals surface area contributed by atoms with Gasteiger partial charge in [0.2, 0.25) is 5.91 Å². The second-order valence-electron chi connectivity index (χ2n) is 8.16. The number of hydrogen-bond donors (Lipinski definition) is 0. The number of rotatable bonds is 7. The fourth-order valence-electron chi connectivity index (χ4n) is 4.29. The Kier molecular flexibility index (Phi) is 7.20. The van der Waals surface area contributed by atoms with Crippen molar-refractivity contribution < 1.29 is 9.53 Å². The summed E-state index contributed by atoms with van der Waals surface area (Å²) in [5, 5.41) is 3.76. The molecule has 0 radical (unpaired) electrons. The van der Waals surface area contributed by atoms with E-state index in [4.69, 9.17) is 14.7 Å². The topological polar surface area (TPSA) is 60.2 Å². The van der Waals surface area contributed by atoms with Crippen LogP contribution in [-0.4, -0.2) is 27.6 Å². The molecular weight excluding hydrogens is 440 g/mol. The van der Waals surface area contributed by atoms with Crippen LogP contribution in [0.1, 0.15) is 62.2 Å². The van der Waals surface area contributed by atoms with Gasteiger partial charge in [0.25, 0.3) is 0 Å². The maximum Gasteiger partial charge on any atom is 0.230 e. The number of ether oxygens (including phenoxy) is 1. The van der Waals surface area contributed by atoms with Crippen molar-refractivity contribution in [3.8, 4) is 5.75 Å². The molecule has 6 nitrogen and oxygen atoms in total. The summed E-state index contributed by atoms with van der Waals surface area (Å²) in [7, 11) is 1.61. The number of thioether (sulfide) groups is 1. The summed E-state index contributed by atoms with van der Waals surface area (Å²) >= 11 is 3.21. The van der Waals surface area contributed by atoms with E-state index in [-0.39, 0.29) is 5.91 Å². The van der Waals surface area contributed by atoms with E-state index in [0.29, 0.717) is 22.6 Å². The summed E-state index contributed by atoms with van der Waals surface area (Å²) in [6.07, 6.45) is 6.40. The van der Waals surface area contributed by atoms with Crippen LogP contribution in [-0.2, 0) is 10.5 Å². The summed E-state index contributed by atoms with van der Waals surface area (Å²) in [4.78, 5) is 23.7. The molecule has 0 N–H and O–H groups in total. The molecule has 0 unspecified atom stereocenters. The smallest absolute Gasteiger partial charge is 0.230 e. The minimum absolute atomic E-state index is 0.0952. The number of hydrogen-bond acceptors (Lipinski definition) is 6. The third kappa shape index (κ3) is 4.71. The van der Waals surface area contributed by atoms with Crippen molar-refractivity contribution in [2.45, 2.75) is 69.8 Å². The average molecular weight is 471 g/mol. The van der Waals surface area contributed by atoms with Gasteiger partial charge < -0.3 is 9.30 Å². The highest BCUT2D eigenvalue weighted by Crippen LogP contribution is 2.38. The lowest BCUT2D eigenvalue weighted by Crippen LogP contribution is -2.23. The van der Waals surface area contributed by atoms with E-state index in [2.05, 4.69) is 18.4 Å². The van der Waals surface area contributed by atoms with Crippen LogP contribution in [0.15, 0.2) is 34.8 Å². The molecule has 1 fully saturated rings. The number of amides is 1. The predicted octanol–water partition coefficient (Wildman–Crippen LogP) is 6.45. The highest BCUT2D eigenvalue weighted by molar-refractivity contribution is 7.98. The molecule has 1 aliphatic rings. The van der Waals surface area contributed by atoms with Crippen LogP contribution in [0.4, 0.5) is 10.8 Å². The van der Waals surface area contributed by atoms with E-state index < -0.39 is 0 Å². The van der Waals surface area contributed by atoms with E-state index in [1.165, 1.54) is 49.1 Å².